The minimum Gasteiger partial charge on any atom is -0.456 e. The topological polar surface area (TPSA) is 77.8 Å². The maximum atomic E-state index is 6.58. The molecule has 0 saturated heterocycles. The van der Waals surface area contributed by atoms with Crippen LogP contribution in [0.2, 0.25) is 0 Å². The van der Waals surface area contributed by atoms with Gasteiger partial charge in [0.05, 0.1) is 16.6 Å². The number of hydrogen-bond donors (Lipinski definition) is 0. The molecule has 4 heterocycles. The Balaban J connectivity index is 0.930. The zero-order valence-corrected chi connectivity index (χ0v) is 32.1. The Bertz CT molecular complexity index is 3580. The predicted octanol–water partition coefficient (Wildman–Crippen LogP) is 14.2. The molecule has 0 bridgehead atoms. The molecular weight excluding hydrogens is 737 g/mol. The SMILES string of the molecule is c1ccc(-c2nc(-c3ccc(-c4ccc5oc6c7ccccc7nc(-c7ccccc7)c6c5c4)cc3)nc(-c3ccc(-c4cccc5oc6ccccc6c45)cc3)n2)cc1. The molecular formula is C54H32N4O2. The third-order valence-electron chi connectivity index (χ3n) is 11.4. The first kappa shape index (κ1) is 33.9. The summed E-state index contributed by atoms with van der Waals surface area (Å²) >= 11 is 0. The first-order valence-electron chi connectivity index (χ1n) is 20.0. The Morgan fingerprint density at radius 2 is 0.833 bits per heavy atom. The summed E-state index contributed by atoms with van der Waals surface area (Å²) < 4.78 is 12.8. The third-order valence-corrected chi connectivity index (χ3v) is 11.4. The van der Waals surface area contributed by atoms with Gasteiger partial charge >= 0.3 is 0 Å². The fourth-order valence-corrected chi connectivity index (χ4v) is 8.42. The summed E-state index contributed by atoms with van der Waals surface area (Å²) in [6, 6.07) is 66.2. The van der Waals surface area contributed by atoms with Crippen LogP contribution in [0.15, 0.2) is 203 Å². The van der Waals surface area contributed by atoms with Gasteiger partial charge in [0.15, 0.2) is 17.5 Å². The van der Waals surface area contributed by atoms with Gasteiger partial charge in [-0.05, 0) is 58.7 Å². The van der Waals surface area contributed by atoms with Crippen LogP contribution >= 0.6 is 0 Å². The molecule has 12 aromatic rings. The predicted molar refractivity (Wildman–Crippen MR) is 242 cm³/mol. The summed E-state index contributed by atoms with van der Waals surface area (Å²) in [6.07, 6.45) is 0. The van der Waals surface area contributed by atoms with E-state index in [0.29, 0.717) is 17.5 Å². The first-order valence-corrected chi connectivity index (χ1v) is 20.0. The Labute approximate surface area is 344 Å². The molecule has 60 heavy (non-hydrogen) atoms. The van der Waals surface area contributed by atoms with Gasteiger partial charge in [-0.15, -0.1) is 0 Å². The van der Waals surface area contributed by atoms with Gasteiger partial charge in [-0.2, -0.15) is 0 Å². The highest BCUT2D eigenvalue weighted by molar-refractivity contribution is 6.19. The molecule has 0 N–H and O–H groups in total. The lowest BCUT2D eigenvalue weighted by Crippen LogP contribution is -2.00. The molecule has 0 aliphatic carbocycles. The van der Waals surface area contributed by atoms with Crippen molar-refractivity contribution < 1.29 is 8.83 Å². The fourth-order valence-electron chi connectivity index (χ4n) is 8.42. The van der Waals surface area contributed by atoms with Crippen molar-refractivity contribution in [1.82, 2.24) is 19.9 Å². The van der Waals surface area contributed by atoms with Gasteiger partial charge < -0.3 is 8.83 Å². The summed E-state index contributed by atoms with van der Waals surface area (Å²) in [6.45, 7) is 0. The second-order valence-corrected chi connectivity index (χ2v) is 15.0. The molecule has 0 unspecified atom stereocenters. The molecule has 0 spiro atoms. The van der Waals surface area contributed by atoms with Crippen molar-refractivity contribution >= 4 is 54.8 Å². The van der Waals surface area contributed by atoms with Crippen molar-refractivity contribution in [3.63, 3.8) is 0 Å². The van der Waals surface area contributed by atoms with Crippen molar-refractivity contribution in [1.29, 1.82) is 0 Å². The number of rotatable bonds is 6. The van der Waals surface area contributed by atoms with Gasteiger partial charge in [-0.25, -0.2) is 19.9 Å². The van der Waals surface area contributed by atoms with Gasteiger partial charge in [-0.1, -0.05) is 158 Å². The maximum absolute atomic E-state index is 6.58. The summed E-state index contributed by atoms with van der Waals surface area (Å²) in [5.41, 5.74) is 13.4. The molecule has 0 fully saturated rings. The van der Waals surface area contributed by atoms with Crippen LogP contribution in [0.5, 0.6) is 0 Å². The molecule has 0 aliphatic heterocycles. The van der Waals surface area contributed by atoms with Crippen LogP contribution in [0.3, 0.4) is 0 Å². The summed E-state index contributed by atoms with van der Waals surface area (Å²) in [5.74, 6) is 1.82. The highest BCUT2D eigenvalue weighted by Crippen LogP contribution is 2.41. The minimum atomic E-state index is 0.603. The normalized spacial score (nSPS) is 11.7. The van der Waals surface area contributed by atoms with Gasteiger partial charge in [0, 0.05) is 43.8 Å². The van der Waals surface area contributed by atoms with E-state index in [1.165, 1.54) is 0 Å². The van der Waals surface area contributed by atoms with E-state index >= 15 is 0 Å². The lowest BCUT2D eigenvalue weighted by Gasteiger charge is -2.10. The van der Waals surface area contributed by atoms with Crippen molar-refractivity contribution in [2.24, 2.45) is 0 Å². The highest BCUT2D eigenvalue weighted by Gasteiger charge is 2.19. The maximum Gasteiger partial charge on any atom is 0.164 e. The van der Waals surface area contributed by atoms with Crippen LogP contribution in [-0.2, 0) is 0 Å². The van der Waals surface area contributed by atoms with Gasteiger partial charge in [-0.3, -0.25) is 0 Å². The van der Waals surface area contributed by atoms with E-state index in [-0.39, 0.29) is 0 Å². The average Bonchev–Trinajstić information content (AvgIpc) is 3.91. The van der Waals surface area contributed by atoms with E-state index in [9.17, 15) is 0 Å². The number of para-hydroxylation sites is 2. The second kappa shape index (κ2) is 13.7. The molecule has 280 valence electrons. The van der Waals surface area contributed by atoms with Crippen LogP contribution in [0, 0.1) is 0 Å². The quantitative estimate of drug-likeness (QED) is 0.168. The number of benzene rings is 8. The second-order valence-electron chi connectivity index (χ2n) is 15.0. The van der Waals surface area contributed by atoms with Crippen molar-refractivity contribution in [3.05, 3.63) is 194 Å². The Morgan fingerprint density at radius 3 is 1.55 bits per heavy atom. The van der Waals surface area contributed by atoms with Crippen LogP contribution in [-0.4, -0.2) is 19.9 Å². The Kier molecular flexibility index (Phi) is 7.74. The lowest BCUT2D eigenvalue weighted by molar-refractivity contribution is 0.669. The van der Waals surface area contributed by atoms with Crippen LogP contribution < -0.4 is 0 Å². The number of nitrogens with zero attached hydrogens (tertiary/aromatic N) is 4. The van der Waals surface area contributed by atoms with E-state index in [2.05, 4.69) is 103 Å². The van der Waals surface area contributed by atoms with Crippen LogP contribution in [0.25, 0.3) is 122 Å². The van der Waals surface area contributed by atoms with Gasteiger partial charge in [0.2, 0.25) is 0 Å². The molecule has 12 rings (SSSR count). The standard InChI is InChI=1S/C54H32N4O2/c1-3-12-35(13-4-1)50-49-43-32-39(30-31-46(43)60-51(49)41-16-7-9-19-44(41)55-50)33-22-26-37(27-23-33)53-56-52(36-14-5-2-6-15-36)57-54(58-53)38-28-24-34(25-29-38)40-18-11-21-47-48(40)42-17-8-10-20-45(42)59-47/h1-32H. The van der Waals surface area contributed by atoms with E-state index in [4.69, 9.17) is 28.8 Å². The van der Waals surface area contributed by atoms with Crippen molar-refractivity contribution in [3.8, 4) is 67.7 Å². The average molecular weight is 769 g/mol. The smallest absolute Gasteiger partial charge is 0.164 e. The Hall–Kier alpha value is -8.22. The van der Waals surface area contributed by atoms with Crippen LogP contribution in [0.1, 0.15) is 0 Å². The number of hydrogen-bond acceptors (Lipinski definition) is 6. The van der Waals surface area contributed by atoms with Gasteiger partial charge in [0.25, 0.3) is 0 Å². The monoisotopic (exact) mass is 768 g/mol. The Morgan fingerprint density at radius 1 is 0.300 bits per heavy atom. The molecule has 0 saturated carbocycles. The minimum absolute atomic E-state index is 0.603. The molecule has 6 heteroatoms. The van der Waals surface area contributed by atoms with Crippen molar-refractivity contribution in [2.45, 2.75) is 0 Å². The third kappa shape index (κ3) is 5.65. The summed E-state index contributed by atoms with van der Waals surface area (Å²) in [7, 11) is 0. The molecule has 0 radical (unpaired) electrons. The van der Waals surface area contributed by atoms with Crippen LogP contribution in [0.4, 0.5) is 0 Å². The van der Waals surface area contributed by atoms with Gasteiger partial charge in [0.1, 0.15) is 22.3 Å². The number of furan rings is 2. The van der Waals surface area contributed by atoms with E-state index in [1.54, 1.807) is 0 Å². The molecule has 4 aromatic heterocycles. The number of aromatic nitrogens is 4. The molecule has 8 aromatic carbocycles. The van der Waals surface area contributed by atoms with E-state index < -0.39 is 0 Å². The van der Waals surface area contributed by atoms with Crippen molar-refractivity contribution in [2.75, 3.05) is 0 Å². The largest absolute Gasteiger partial charge is 0.456 e. The highest BCUT2D eigenvalue weighted by atomic mass is 16.3. The number of fused-ring (bicyclic) bond motifs is 8. The zero-order valence-electron chi connectivity index (χ0n) is 32.1. The summed E-state index contributed by atoms with van der Waals surface area (Å²) in [4.78, 5) is 20.2. The molecule has 0 aliphatic rings. The molecule has 6 nitrogen and oxygen atoms in total. The number of pyridine rings is 1. The summed E-state index contributed by atoms with van der Waals surface area (Å²) in [5, 5.41) is 5.25. The molecule has 0 amide bonds. The van der Waals surface area contributed by atoms with E-state index in [0.717, 1.165) is 105 Å². The molecule has 0 atom stereocenters. The first-order chi connectivity index (χ1) is 29.7. The fraction of sp³-hybridized carbons (Fsp3) is 0. The van der Waals surface area contributed by atoms with E-state index in [1.807, 2.05) is 91.0 Å². The zero-order chi connectivity index (χ0) is 39.6. The lowest BCUT2D eigenvalue weighted by atomic mass is 9.98.